The van der Waals surface area contributed by atoms with Crippen LogP contribution in [0.2, 0.25) is 0 Å². The van der Waals surface area contributed by atoms with E-state index in [1.165, 1.54) is 6.07 Å². The molecule has 23 heavy (non-hydrogen) atoms. The fourth-order valence-electron chi connectivity index (χ4n) is 2.73. The largest absolute Gasteiger partial charge is 0.238 e. The summed E-state index contributed by atoms with van der Waals surface area (Å²) in [5.74, 6) is 0. The molecule has 1 aliphatic rings. The summed E-state index contributed by atoms with van der Waals surface area (Å²) in [4.78, 5) is 0.110. The number of aryl methyl sites for hydroxylation is 1. The van der Waals surface area contributed by atoms with Gasteiger partial charge in [-0.1, -0.05) is 36.4 Å². The van der Waals surface area contributed by atoms with Crippen molar-refractivity contribution in [3.63, 3.8) is 0 Å². The van der Waals surface area contributed by atoms with E-state index >= 15 is 0 Å². The van der Waals surface area contributed by atoms with E-state index in [1.54, 1.807) is 6.07 Å². The summed E-state index contributed by atoms with van der Waals surface area (Å²) in [6, 6.07) is 13.2. The van der Waals surface area contributed by atoms with Crippen LogP contribution in [0.15, 0.2) is 47.4 Å². The van der Waals surface area contributed by atoms with Gasteiger partial charge in [0.05, 0.1) is 4.90 Å². The summed E-state index contributed by atoms with van der Waals surface area (Å²) in [5, 5.41) is 5.39. The lowest BCUT2D eigenvalue weighted by Crippen LogP contribution is -2.33. The van der Waals surface area contributed by atoms with Gasteiger partial charge in [0.2, 0.25) is 10.0 Å². The molecule has 2 aromatic carbocycles. The molecule has 0 radical (unpaired) electrons. The van der Waals surface area contributed by atoms with Crippen molar-refractivity contribution in [2.75, 3.05) is 0 Å². The molecule has 0 amide bonds. The lowest BCUT2D eigenvalue weighted by Gasteiger charge is -2.19. The Hall–Kier alpha value is -1.81. The van der Waals surface area contributed by atoms with E-state index in [1.807, 2.05) is 37.3 Å². The van der Waals surface area contributed by atoms with Crippen molar-refractivity contribution < 1.29 is 8.42 Å². The fourth-order valence-corrected chi connectivity index (χ4v) is 3.55. The minimum atomic E-state index is -3.83. The second-order valence-corrected chi connectivity index (χ2v) is 6.98. The Kier molecular flexibility index (Phi) is 4.44. The van der Waals surface area contributed by atoms with Gasteiger partial charge in [-0.25, -0.2) is 24.4 Å². The van der Waals surface area contributed by atoms with E-state index in [-0.39, 0.29) is 4.90 Å². The maximum Gasteiger partial charge on any atom is 0.238 e. The highest BCUT2D eigenvalue weighted by molar-refractivity contribution is 7.89. The number of benzene rings is 2. The zero-order chi connectivity index (χ0) is 16.4. The number of nitrogens with two attached hydrogens (primary N) is 1. The van der Waals surface area contributed by atoms with E-state index in [0.29, 0.717) is 12.0 Å². The minimum Gasteiger partial charge on any atom is -0.225 e. The number of hydrogen-bond donors (Lipinski definition) is 5. The number of hydrazine groups is 3. The normalized spacial score (nSPS) is 15.9. The molecular formula is C15H19N5O2S. The van der Waals surface area contributed by atoms with Crippen molar-refractivity contribution >= 4 is 10.0 Å². The highest BCUT2D eigenvalue weighted by atomic mass is 32.2. The fraction of sp³-hybridized carbons (Fsp3) is 0.200. The Balaban J connectivity index is 2.11. The molecule has 3 rings (SSSR count). The standard InChI is InChI=1S/C15H19N5O2S/c1-10-5-2-3-6-11(10)9-12-7-4-8-13(23(16,21)22)14(12)15-17-19-20-18-15/h2-8,15,17-20H,9H2,1H3,(H2,16,21,22). The third-order valence-electron chi connectivity index (χ3n) is 3.89. The predicted molar refractivity (Wildman–Crippen MR) is 87.1 cm³/mol. The van der Waals surface area contributed by atoms with Crippen molar-refractivity contribution in [1.29, 1.82) is 0 Å². The summed E-state index contributed by atoms with van der Waals surface area (Å²) in [6.45, 7) is 2.04. The average molecular weight is 333 g/mol. The van der Waals surface area contributed by atoms with Crippen LogP contribution in [-0.2, 0) is 16.4 Å². The second-order valence-electron chi connectivity index (χ2n) is 5.45. The van der Waals surface area contributed by atoms with E-state index in [4.69, 9.17) is 5.14 Å². The maximum absolute atomic E-state index is 12.0. The third kappa shape index (κ3) is 3.42. The zero-order valence-corrected chi connectivity index (χ0v) is 13.4. The third-order valence-corrected chi connectivity index (χ3v) is 4.86. The molecule has 2 aromatic rings. The van der Waals surface area contributed by atoms with Gasteiger partial charge in [0.25, 0.3) is 0 Å². The lowest BCUT2D eigenvalue weighted by atomic mass is 9.96. The molecule has 8 heteroatoms. The summed E-state index contributed by atoms with van der Waals surface area (Å²) in [6.07, 6.45) is 0.203. The van der Waals surface area contributed by atoms with Gasteiger partial charge in [0.15, 0.2) is 0 Å². The Morgan fingerprint density at radius 3 is 2.30 bits per heavy atom. The number of sulfonamides is 1. The molecule has 0 saturated carbocycles. The molecule has 0 atom stereocenters. The van der Waals surface area contributed by atoms with Crippen LogP contribution < -0.4 is 27.1 Å². The molecular weight excluding hydrogens is 314 g/mol. The summed E-state index contributed by atoms with van der Waals surface area (Å²) >= 11 is 0. The van der Waals surface area contributed by atoms with Gasteiger partial charge in [0, 0.05) is 5.56 Å². The smallest absolute Gasteiger partial charge is 0.225 e. The van der Waals surface area contributed by atoms with Gasteiger partial charge in [-0.2, -0.15) is 11.1 Å². The Bertz CT molecular complexity index is 816. The molecule has 0 bridgehead atoms. The van der Waals surface area contributed by atoms with Crippen LogP contribution in [0, 0.1) is 6.92 Å². The number of nitrogens with one attached hydrogen (secondary N) is 4. The number of rotatable bonds is 4. The molecule has 1 aliphatic heterocycles. The molecule has 1 saturated heterocycles. The number of hydrogen-bond acceptors (Lipinski definition) is 6. The van der Waals surface area contributed by atoms with E-state index in [0.717, 1.165) is 16.7 Å². The van der Waals surface area contributed by atoms with Crippen molar-refractivity contribution in [2.45, 2.75) is 24.4 Å². The summed E-state index contributed by atoms with van der Waals surface area (Å²) in [7, 11) is -3.83. The first-order valence-corrected chi connectivity index (χ1v) is 8.71. The van der Waals surface area contributed by atoms with Gasteiger partial charge < -0.3 is 0 Å². The molecule has 1 fully saturated rings. The molecule has 7 nitrogen and oxygen atoms in total. The Labute approximate surface area is 135 Å². The zero-order valence-electron chi connectivity index (χ0n) is 12.6. The van der Waals surface area contributed by atoms with Crippen molar-refractivity contribution in [3.05, 3.63) is 64.7 Å². The molecule has 122 valence electrons. The number of primary sulfonamides is 1. The van der Waals surface area contributed by atoms with E-state index in [9.17, 15) is 8.42 Å². The van der Waals surface area contributed by atoms with Crippen molar-refractivity contribution in [2.24, 2.45) is 5.14 Å². The summed E-state index contributed by atoms with van der Waals surface area (Å²) < 4.78 is 23.9. The molecule has 1 heterocycles. The van der Waals surface area contributed by atoms with Crippen molar-refractivity contribution in [3.8, 4) is 0 Å². The molecule has 0 unspecified atom stereocenters. The first-order chi connectivity index (χ1) is 11.0. The van der Waals surface area contributed by atoms with Crippen LogP contribution >= 0.6 is 0 Å². The quantitative estimate of drug-likeness (QED) is 0.552. The van der Waals surface area contributed by atoms with Crippen LogP contribution in [0.5, 0.6) is 0 Å². The first-order valence-electron chi connectivity index (χ1n) is 7.17. The maximum atomic E-state index is 12.0. The van der Waals surface area contributed by atoms with Crippen LogP contribution in [0.4, 0.5) is 0 Å². The Morgan fingerprint density at radius 1 is 1.00 bits per heavy atom. The SMILES string of the molecule is Cc1ccccc1Cc1cccc(S(N)(=O)=O)c1C1NNNN1. The van der Waals surface area contributed by atoms with Gasteiger partial charge in [-0.05, 0) is 36.1 Å². The monoisotopic (exact) mass is 333 g/mol. The molecule has 0 aliphatic carbocycles. The topological polar surface area (TPSA) is 108 Å². The average Bonchev–Trinajstić information content (AvgIpc) is 3.02. The van der Waals surface area contributed by atoms with Crippen LogP contribution in [-0.4, -0.2) is 8.42 Å². The molecule has 6 N–H and O–H groups in total. The first kappa shape index (κ1) is 16.1. The lowest BCUT2D eigenvalue weighted by molar-refractivity contribution is 0.535. The molecule has 0 aromatic heterocycles. The predicted octanol–water partition coefficient (Wildman–Crippen LogP) is 0.349. The van der Waals surface area contributed by atoms with Crippen LogP contribution in [0.1, 0.15) is 28.4 Å². The minimum absolute atomic E-state index is 0.110. The Morgan fingerprint density at radius 2 is 1.65 bits per heavy atom. The van der Waals surface area contributed by atoms with E-state index in [2.05, 4.69) is 21.9 Å². The summed E-state index contributed by atoms with van der Waals surface area (Å²) in [5.41, 5.74) is 15.1. The highest BCUT2D eigenvalue weighted by Gasteiger charge is 2.26. The van der Waals surface area contributed by atoms with Gasteiger partial charge in [-0.3, -0.25) is 0 Å². The molecule has 0 spiro atoms. The van der Waals surface area contributed by atoms with Gasteiger partial charge in [-0.15, -0.1) is 0 Å². The van der Waals surface area contributed by atoms with Gasteiger partial charge in [0.1, 0.15) is 6.17 Å². The van der Waals surface area contributed by atoms with Crippen LogP contribution in [0.3, 0.4) is 0 Å². The second kappa shape index (κ2) is 6.36. The van der Waals surface area contributed by atoms with Crippen LogP contribution in [0.25, 0.3) is 0 Å². The van der Waals surface area contributed by atoms with Gasteiger partial charge >= 0.3 is 0 Å². The highest BCUT2D eigenvalue weighted by Crippen LogP contribution is 2.27. The van der Waals surface area contributed by atoms with E-state index < -0.39 is 16.2 Å². The van der Waals surface area contributed by atoms with Crippen molar-refractivity contribution in [1.82, 2.24) is 21.9 Å².